The van der Waals surface area contributed by atoms with Gasteiger partial charge in [0.15, 0.2) is 0 Å². The maximum atomic E-state index is 12.7. The summed E-state index contributed by atoms with van der Waals surface area (Å²) >= 11 is 1.70. The molecule has 1 aliphatic heterocycles. The Bertz CT molecular complexity index is 748. The lowest BCUT2D eigenvalue weighted by molar-refractivity contribution is -0.129. The van der Waals surface area contributed by atoms with Crippen LogP contribution in [-0.2, 0) is 9.59 Å². The lowest BCUT2D eigenvalue weighted by Crippen LogP contribution is -2.41. The standard InChI is InChI=1S/C22H28N2O2S/c1-27-18-9-7-17(8-10-18)23-20(25)19-15-22(19)11-13-24(14-12-22)21(26)16-5-3-2-4-6-16/h5,7-10,19H,2-4,6,11-15H2,1H3,(H,23,25). The summed E-state index contributed by atoms with van der Waals surface area (Å²) in [5.74, 6) is 0.477. The van der Waals surface area contributed by atoms with Crippen LogP contribution < -0.4 is 5.32 Å². The summed E-state index contributed by atoms with van der Waals surface area (Å²) in [5.41, 5.74) is 2.01. The van der Waals surface area contributed by atoms with Crippen molar-refractivity contribution >= 4 is 29.3 Å². The van der Waals surface area contributed by atoms with Gasteiger partial charge in [0.05, 0.1) is 0 Å². The number of carbonyl (C=O) groups excluding carboxylic acids is 2. The minimum absolute atomic E-state index is 0.101. The molecule has 144 valence electrons. The molecule has 2 aliphatic carbocycles. The van der Waals surface area contributed by atoms with E-state index in [1.807, 2.05) is 35.4 Å². The van der Waals surface area contributed by atoms with Gasteiger partial charge in [-0.25, -0.2) is 0 Å². The minimum Gasteiger partial charge on any atom is -0.339 e. The number of anilines is 1. The van der Waals surface area contributed by atoms with Crippen LogP contribution in [0.15, 0.2) is 40.8 Å². The summed E-state index contributed by atoms with van der Waals surface area (Å²) in [5, 5.41) is 3.07. The molecule has 5 heteroatoms. The third-order valence-corrected chi connectivity index (χ3v) is 7.22. The highest BCUT2D eigenvalue weighted by Gasteiger charge is 2.58. The van der Waals surface area contributed by atoms with Gasteiger partial charge in [-0.2, -0.15) is 0 Å². The van der Waals surface area contributed by atoms with Crippen molar-refractivity contribution in [1.29, 1.82) is 0 Å². The topological polar surface area (TPSA) is 49.4 Å². The summed E-state index contributed by atoms with van der Waals surface area (Å²) in [6.07, 6.45) is 11.4. The van der Waals surface area contributed by atoms with E-state index in [9.17, 15) is 9.59 Å². The summed E-state index contributed by atoms with van der Waals surface area (Å²) in [6, 6.07) is 8.01. The average Bonchev–Trinajstić information content (AvgIpc) is 3.42. The second-order valence-corrected chi connectivity index (χ2v) is 8.98. The van der Waals surface area contributed by atoms with Crippen LogP contribution >= 0.6 is 11.8 Å². The highest BCUT2D eigenvalue weighted by molar-refractivity contribution is 7.98. The number of allylic oxidation sites excluding steroid dienone is 1. The number of hydrogen-bond acceptors (Lipinski definition) is 3. The van der Waals surface area contributed by atoms with Crippen molar-refractivity contribution in [2.75, 3.05) is 24.7 Å². The largest absolute Gasteiger partial charge is 0.339 e. The molecule has 1 saturated heterocycles. The Morgan fingerprint density at radius 1 is 1.15 bits per heavy atom. The number of likely N-dealkylation sites (tertiary alicyclic amines) is 1. The number of hydrogen-bond donors (Lipinski definition) is 1. The molecule has 4 nitrogen and oxygen atoms in total. The Balaban J connectivity index is 1.30. The molecule has 27 heavy (non-hydrogen) atoms. The first-order valence-corrected chi connectivity index (χ1v) is 11.3. The molecule has 1 saturated carbocycles. The molecular formula is C22H28N2O2S. The number of benzene rings is 1. The Morgan fingerprint density at radius 3 is 2.52 bits per heavy atom. The average molecular weight is 385 g/mol. The van der Waals surface area contributed by atoms with E-state index in [4.69, 9.17) is 0 Å². The zero-order valence-corrected chi connectivity index (χ0v) is 16.8. The summed E-state index contributed by atoms with van der Waals surface area (Å²) in [6.45, 7) is 1.59. The lowest BCUT2D eigenvalue weighted by Gasteiger charge is -2.34. The molecule has 1 N–H and O–H groups in total. The normalized spacial score (nSPS) is 23.7. The third-order valence-electron chi connectivity index (χ3n) is 6.48. The van der Waals surface area contributed by atoms with E-state index in [-0.39, 0.29) is 23.1 Å². The maximum absolute atomic E-state index is 12.7. The number of amides is 2. The van der Waals surface area contributed by atoms with Crippen LogP contribution in [0.25, 0.3) is 0 Å². The van der Waals surface area contributed by atoms with E-state index in [0.29, 0.717) is 0 Å². The van der Waals surface area contributed by atoms with Crippen molar-refractivity contribution in [2.24, 2.45) is 11.3 Å². The van der Waals surface area contributed by atoms with Crippen LogP contribution in [0.2, 0.25) is 0 Å². The maximum Gasteiger partial charge on any atom is 0.249 e. The Labute approximate surface area is 165 Å². The third kappa shape index (κ3) is 3.93. The van der Waals surface area contributed by atoms with Crippen molar-refractivity contribution in [1.82, 2.24) is 4.90 Å². The van der Waals surface area contributed by atoms with E-state index in [1.165, 1.54) is 11.3 Å². The van der Waals surface area contributed by atoms with Gasteiger partial charge in [-0.15, -0.1) is 11.8 Å². The summed E-state index contributed by atoms with van der Waals surface area (Å²) in [7, 11) is 0. The molecule has 0 bridgehead atoms. The van der Waals surface area contributed by atoms with Crippen molar-refractivity contribution in [3.05, 3.63) is 35.9 Å². The van der Waals surface area contributed by atoms with Crippen LogP contribution in [-0.4, -0.2) is 36.1 Å². The van der Waals surface area contributed by atoms with Gasteiger partial charge in [-0.05, 0) is 80.9 Å². The predicted molar refractivity (Wildman–Crippen MR) is 110 cm³/mol. The molecule has 0 aromatic heterocycles. The van der Waals surface area contributed by atoms with Crippen molar-refractivity contribution in [2.45, 2.75) is 49.8 Å². The Morgan fingerprint density at radius 2 is 1.89 bits per heavy atom. The van der Waals surface area contributed by atoms with Crippen molar-refractivity contribution < 1.29 is 9.59 Å². The Hall–Kier alpha value is -1.75. The van der Waals surface area contributed by atoms with E-state index >= 15 is 0 Å². The number of rotatable bonds is 4. The van der Waals surface area contributed by atoms with Crippen LogP contribution in [0.5, 0.6) is 0 Å². The van der Waals surface area contributed by atoms with Crippen LogP contribution in [0.1, 0.15) is 44.9 Å². The van der Waals surface area contributed by atoms with Gasteiger partial charge in [0.1, 0.15) is 0 Å². The van der Waals surface area contributed by atoms with Gasteiger partial charge in [-0.1, -0.05) is 6.08 Å². The van der Waals surface area contributed by atoms with Gasteiger partial charge in [0.2, 0.25) is 11.8 Å². The molecule has 3 aliphatic rings. The first-order chi connectivity index (χ1) is 13.1. The van der Waals surface area contributed by atoms with Gasteiger partial charge in [0, 0.05) is 35.2 Å². The van der Waals surface area contributed by atoms with Gasteiger partial charge >= 0.3 is 0 Å². The first kappa shape index (κ1) is 18.6. The molecule has 4 rings (SSSR count). The molecule has 2 amide bonds. The molecule has 1 atom stereocenters. The van der Waals surface area contributed by atoms with Crippen LogP contribution in [0, 0.1) is 11.3 Å². The minimum atomic E-state index is 0.101. The summed E-state index contributed by atoms with van der Waals surface area (Å²) in [4.78, 5) is 28.5. The zero-order chi connectivity index (χ0) is 18.9. The van der Waals surface area contributed by atoms with Gasteiger partial charge < -0.3 is 10.2 Å². The second-order valence-electron chi connectivity index (χ2n) is 8.10. The fourth-order valence-electron chi connectivity index (χ4n) is 4.57. The van der Waals surface area contributed by atoms with Crippen LogP contribution in [0.3, 0.4) is 0 Å². The van der Waals surface area contributed by atoms with Gasteiger partial charge in [0.25, 0.3) is 0 Å². The first-order valence-electron chi connectivity index (χ1n) is 10.0. The number of nitrogens with zero attached hydrogens (tertiary/aromatic N) is 1. The number of carbonyl (C=O) groups is 2. The number of nitrogens with one attached hydrogen (secondary N) is 1. The van der Waals surface area contributed by atoms with Gasteiger partial charge in [-0.3, -0.25) is 9.59 Å². The predicted octanol–water partition coefficient (Wildman–Crippen LogP) is 4.48. The van der Waals surface area contributed by atoms with E-state index in [1.54, 1.807) is 11.8 Å². The highest BCUT2D eigenvalue weighted by Crippen LogP contribution is 2.59. The second kappa shape index (κ2) is 7.70. The highest BCUT2D eigenvalue weighted by atomic mass is 32.2. The van der Waals surface area contributed by atoms with Crippen LogP contribution in [0.4, 0.5) is 5.69 Å². The van der Waals surface area contributed by atoms with Crippen molar-refractivity contribution in [3.8, 4) is 0 Å². The SMILES string of the molecule is CSc1ccc(NC(=O)C2CC23CCN(C(=O)C2=CCCCC2)CC3)cc1. The fraction of sp³-hybridized carbons (Fsp3) is 0.545. The molecule has 1 aromatic carbocycles. The monoisotopic (exact) mass is 384 g/mol. The molecule has 1 heterocycles. The molecule has 2 fully saturated rings. The Kier molecular flexibility index (Phi) is 5.31. The molecule has 1 aromatic rings. The van der Waals surface area contributed by atoms with E-state index in [0.717, 1.165) is 62.9 Å². The summed E-state index contributed by atoms with van der Waals surface area (Å²) < 4.78 is 0. The smallest absolute Gasteiger partial charge is 0.249 e. The molecule has 1 unspecified atom stereocenters. The zero-order valence-electron chi connectivity index (χ0n) is 16.0. The number of piperidine rings is 1. The van der Waals surface area contributed by atoms with E-state index < -0.39 is 0 Å². The number of thioether (sulfide) groups is 1. The van der Waals surface area contributed by atoms with E-state index in [2.05, 4.69) is 11.4 Å². The molecule has 1 spiro atoms. The van der Waals surface area contributed by atoms with Crippen molar-refractivity contribution in [3.63, 3.8) is 0 Å². The molecule has 0 radical (unpaired) electrons. The quantitative estimate of drug-likeness (QED) is 0.779. The fourth-order valence-corrected chi connectivity index (χ4v) is 4.97. The molecular weight excluding hydrogens is 356 g/mol. The lowest BCUT2D eigenvalue weighted by atomic mass is 9.89.